The largest absolute Gasteiger partial charge is 0.323 e. The lowest BCUT2D eigenvalue weighted by Gasteiger charge is -2.27. The Labute approximate surface area is 436 Å². The summed E-state index contributed by atoms with van der Waals surface area (Å²) in [6, 6.07) is 40.5. The molecular formula is C63H81N7O3. The van der Waals surface area contributed by atoms with Crippen LogP contribution in [0.4, 0.5) is 65.6 Å². The predicted molar refractivity (Wildman–Crippen MR) is 311 cm³/mol. The number of nitrogens with one attached hydrogen (secondary N) is 6. The molecule has 0 spiro atoms. The van der Waals surface area contributed by atoms with E-state index in [4.69, 9.17) is 0 Å². The molecule has 6 amide bonds. The van der Waals surface area contributed by atoms with Crippen LogP contribution in [0.1, 0.15) is 158 Å². The van der Waals surface area contributed by atoms with Crippen LogP contribution < -0.4 is 36.8 Å². The van der Waals surface area contributed by atoms with Gasteiger partial charge in [0.1, 0.15) is 0 Å². The summed E-state index contributed by atoms with van der Waals surface area (Å²) in [7, 11) is 0. The van der Waals surface area contributed by atoms with Gasteiger partial charge in [-0.1, -0.05) is 161 Å². The highest BCUT2D eigenvalue weighted by atomic mass is 16.2. The number of benzene rings is 6. The van der Waals surface area contributed by atoms with Gasteiger partial charge in [-0.15, -0.1) is 0 Å². The number of carbonyl (C=O) groups is 3. The van der Waals surface area contributed by atoms with E-state index < -0.39 is 0 Å². The molecule has 0 fully saturated rings. The molecule has 10 nitrogen and oxygen atoms in total. The molecule has 6 aromatic carbocycles. The third-order valence-corrected chi connectivity index (χ3v) is 12.9. The van der Waals surface area contributed by atoms with Crippen LogP contribution in [0.2, 0.25) is 0 Å². The molecule has 0 aromatic heterocycles. The Kier molecular flexibility index (Phi) is 15.7. The quantitative estimate of drug-likeness (QED) is 0.0863. The van der Waals surface area contributed by atoms with Gasteiger partial charge < -0.3 is 36.8 Å². The average Bonchev–Trinajstić information content (AvgIpc) is 3.24. The third kappa shape index (κ3) is 15.0. The van der Waals surface area contributed by atoms with Gasteiger partial charge in [-0.2, -0.15) is 0 Å². The van der Waals surface area contributed by atoms with Crippen LogP contribution in [0.15, 0.2) is 127 Å². The maximum atomic E-state index is 13.8. The van der Waals surface area contributed by atoms with E-state index in [9.17, 15) is 14.4 Å². The van der Waals surface area contributed by atoms with Gasteiger partial charge in [-0.25, -0.2) is 14.4 Å². The minimum absolute atomic E-state index is 0.123. The van der Waals surface area contributed by atoms with E-state index in [0.29, 0.717) is 51.2 Å². The fraction of sp³-hybridized carbons (Fsp3) is 0.381. The molecule has 386 valence electrons. The van der Waals surface area contributed by atoms with Crippen molar-refractivity contribution in [3.05, 3.63) is 161 Å². The number of carbonyl (C=O) groups excluding carboxylic acids is 3. The number of urea groups is 3. The lowest BCUT2D eigenvalue weighted by molar-refractivity contribution is 0.261. The van der Waals surface area contributed by atoms with E-state index in [0.717, 1.165) is 33.4 Å². The summed E-state index contributed by atoms with van der Waals surface area (Å²) in [6.45, 7) is 39.0. The van der Waals surface area contributed by atoms with Crippen LogP contribution in [-0.2, 0) is 32.5 Å². The number of amides is 6. The zero-order valence-electron chi connectivity index (χ0n) is 46.8. The highest BCUT2D eigenvalue weighted by Gasteiger charge is 2.25. The van der Waals surface area contributed by atoms with E-state index in [2.05, 4.69) is 175 Å². The fourth-order valence-electron chi connectivity index (χ4n) is 8.19. The summed E-state index contributed by atoms with van der Waals surface area (Å²) in [6.07, 6.45) is 0. The number of anilines is 9. The van der Waals surface area contributed by atoms with Crippen molar-refractivity contribution in [1.82, 2.24) is 0 Å². The van der Waals surface area contributed by atoms with Crippen molar-refractivity contribution in [1.29, 1.82) is 0 Å². The second kappa shape index (κ2) is 20.8. The first-order valence-corrected chi connectivity index (χ1v) is 25.4. The average molecular weight is 984 g/mol. The lowest BCUT2D eigenvalue weighted by atomic mass is 9.80. The fourth-order valence-corrected chi connectivity index (χ4v) is 8.19. The normalized spacial score (nSPS) is 12.4. The maximum absolute atomic E-state index is 13.8. The Morgan fingerprint density at radius 1 is 0.274 bits per heavy atom. The van der Waals surface area contributed by atoms with Crippen LogP contribution >= 0.6 is 0 Å². The molecule has 0 aliphatic rings. The Balaban J connectivity index is 1.34. The maximum Gasteiger partial charge on any atom is 0.323 e. The molecule has 0 saturated carbocycles. The van der Waals surface area contributed by atoms with Gasteiger partial charge in [0.2, 0.25) is 0 Å². The molecule has 73 heavy (non-hydrogen) atoms. The summed E-state index contributed by atoms with van der Waals surface area (Å²) >= 11 is 0. The monoisotopic (exact) mass is 984 g/mol. The van der Waals surface area contributed by atoms with Gasteiger partial charge in [-0.3, -0.25) is 0 Å². The number of nitrogens with zero attached hydrogens (tertiary/aromatic N) is 1. The van der Waals surface area contributed by atoms with Gasteiger partial charge >= 0.3 is 18.1 Å². The van der Waals surface area contributed by atoms with Crippen molar-refractivity contribution in [2.24, 2.45) is 0 Å². The molecule has 10 heteroatoms. The molecule has 0 saturated heterocycles. The van der Waals surface area contributed by atoms with Crippen molar-refractivity contribution >= 4 is 69.3 Å². The summed E-state index contributed by atoms with van der Waals surface area (Å²) < 4.78 is 0. The summed E-state index contributed by atoms with van der Waals surface area (Å²) in [4.78, 5) is 43.5. The van der Waals surface area contributed by atoms with Crippen LogP contribution in [0.25, 0.3) is 0 Å². The van der Waals surface area contributed by atoms with E-state index in [1.54, 1.807) is 0 Å². The summed E-state index contributed by atoms with van der Waals surface area (Å²) in [5.41, 5.74) is 12.0. The first kappa shape index (κ1) is 55.2. The van der Waals surface area contributed by atoms with E-state index in [-0.39, 0.29) is 50.6 Å². The second-order valence-electron chi connectivity index (χ2n) is 25.6. The van der Waals surface area contributed by atoms with Gasteiger partial charge in [0.15, 0.2) is 0 Å². The van der Waals surface area contributed by atoms with Crippen molar-refractivity contribution in [3.63, 3.8) is 0 Å². The summed E-state index contributed by atoms with van der Waals surface area (Å²) in [5, 5.41) is 18.5. The Bertz CT molecular complexity index is 2570. The lowest BCUT2D eigenvalue weighted by Crippen LogP contribution is -2.22. The highest BCUT2D eigenvalue weighted by Crippen LogP contribution is 2.39. The zero-order valence-corrected chi connectivity index (χ0v) is 46.8. The van der Waals surface area contributed by atoms with Crippen molar-refractivity contribution in [2.75, 3.05) is 36.8 Å². The molecule has 0 radical (unpaired) electrons. The van der Waals surface area contributed by atoms with Crippen LogP contribution in [0.5, 0.6) is 0 Å². The number of hydrogen-bond donors (Lipinski definition) is 6. The molecule has 0 aliphatic carbocycles. The predicted octanol–water partition coefficient (Wildman–Crippen LogP) is 17.9. The molecule has 0 heterocycles. The molecule has 6 aromatic rings. The molecular weight excluding hydrogens is 903 g/mol. The summed E-state index contributed by atoms with van der Waals surface area (Å²) in [5.74, 6) is 0. The van der Waals surface area contributed by atoms with Crippen molar-refractivity contribution < 1.29 is 14.4 Å². The molecule has 0 atom stereocenters. The van der Waals surface area contributed by atoms with E-state index in [1.807, 2.05) is 114 Å². The molecule has 0 aliphatic heterocycles. The molecule has 0 unspecified atom stereocenters. The minimum atomic E-state index is -0.380. The molecule has 0 bridgehead atoms. The topological polar surface area (TPSA) is 127 Å². The van der Waals surface area contributed by atoms with Crippen molar-refractivity contribution in [2.45, 2.75) is 157 Å². The zero-order chi connectivity index (χ0) is 54.1. The minimum Gasteiger partial charge on any atom is -0.310 e. The van der Waals surface area contributed by atoms with Gasteiger partial charge in [0, 0.05) is 51.2 Å². The van der Waals surface area contributed by atoms with E-state index in [1.165, 1.54) is 0 Å². The molecule has 6 N–H and O–H groups in total. The highest BCUT2D eigenvalue weighted by molar-refractivity contribution is 6.02. The first-order valence-electron chi connectivity index (χ1n) is 25.4. The second-order valence-corrected chi connectivity index (χ2v) is 25.6. The van der Waals surface area contributed by atoms with Crippen LogP contribution in [-0.4, -0.2) is 18.1 Å². The van der Waals surface area contributed by atoms with Gasteiger partial charge in [0.05, 0.1) is 0 Å². The SMILES string of the molecule is CC(C)(C)c1cc(NC(=O)Nc2cccc(N(c3cccc(NC(=O)Nc4cc(C(C)(C)C)cc(C(C)(C)C)c4)c3)c3cccc(NC(=O)Nc4cc(C(C)(C)C)cc(C(C)(C)C)c4)c3)c2)cc(C(C)(C)C)c1. The number of rotatable bonds is 9. The van der Waals surface area contributed by atoms with Crippen LogP contribution in [0.3, 0.4) is 0 Å². The Morgan fingerprint density at radius 3 is 0.658 bits per heavy atom. The molecule has 6 rings (SSSR count). The van der Waals surface area contributed by atoms with Crippen LogP contribution in [0, 0.1) is 0 Å². The smallest absolute Gasteiger partial charge is 0.310 e. The Hall–Kier alpha value is -7.07. The Morgan fingerprint density at radius 2 is 0.466 bits per heavy atom. The number of hydrogen-bond acceptors (Lipinski definition) is 4. The standard InChI is InChI=1S/C63H81N7O3/c1-58(2,3)40-28-41(59(4,5)6)32-49(31-40)67-55(71)64-46-22-19-25-52(37-46)70(53-26-20-23-47(38-53)65-56(72)68-50-33-42(60(7,8)9)29-43(34-50)61(10,11)12)54-27-21-24-48(39-54)66-57(73)69-51-35-44(62(13,14)15)30-45(36-51)63(16,17)18/h19-39H,1-18H3,(H2,64,67,71)(H2,65,68,72)(H2,66,69,73). The van der Waals surface area contributed by atoms with Gasteiger partial charge in [-0.05, 0) is 157 Å². The van der Waals surface area contributed by atoms with Gasteiger partial charge in [0.25, 0.3) is 0 Å². The third-order valence-electron chi connectivity index (χ3n) is 12.9. The van der Waals surface area contributed by atoms with E-state index >= 15 is 0 Å². The first-order chi connectivity index (χ1) is 33.6. The van der Waals surface area contributed by atoms with Crippen molar-refractivity contribution in [3.8, 4) is 0 Å².